The van der Waals surface area contributed by atoms with Gasteiger partial charge in [-0.2, -0.15) is 0 Å². The fourth-order valence-corrected chi connectivity index (χ4v) is 2.90. The highest BCUT2D eigenvalue weighted by molar-refractivity contribution is 5.79. The van der Waals surface area contributed by atoms with Gasteiger partial charge in [-0.15, -0.1) is 0 Å². The summed E-state index contributed by atoms with van der Waals surface area (Å²) < 4.78 is 7.60. The molecule has 1 aromatic heterocycles. The van der Waals surface area contributed by atoms with Crippen LogP contribution in [0.15, 0.2) is 35.1 Å². The molecule has 2 aromatic rings. The smallest absolute Gasteiger partial charge is 0.255 e. The van der Waals surface area contributed by atoms with Crippen molar-refractivity contribution in [1.82, 2.24) is 9.47 Å². The summed E-state index contributed by atoms with van der Waals surface area (Å²) in [6.07, 6.45) is 0.0397. The minimum Gasteiger partial charge on any atom is -0.374 e. The molecule has 1 unspecified atom stereocenters. The molecule has 1 aliphatic heterocycles. The first-order chi connectivity index (χ1) is 10.2. The van der Waals surface area contributed by atoms with Gasteiger partial charge in [0.25, 0.3) is 5.56 Å². The lowest BCUT2D eigenvalue weighted by atomic mass is 10.1. The molecule has 5 nitrogen and oxygen atoms in total. The molecule has 21 heavy (non-hydrogen) atoms. The highest BCUT2D eigenvalue weighted by atomic mass is 16.5. The number of aromatic nitrogens is 1. The van der Waals surface area contributed by atoms with Crippen LogP contribution in [0.1, 0.15) is 5.56 Å². The Bertz CT molecular complexity index is 695. The molecule has 0 spiro atoms. The highest BCUT2D eigenvalue weighted by Crippen LogP contribution is 2.15. The minimum atomic E-state index is -0.00646. The number of morpholine rings is 1. The standard InChI is InChI=1S/C16H21N3O2/c1-18-6-7-21-14(10-18)11-19-15-5-3-2-4-12(15)8-13(9-17)16(19)20/h2-5,8,14H,6-7,9-11,17H2,1H3. The van der Waals surface area contributed by atoms with Gasteiger partial charge in [-0.25, -0.2) is 0 Å². The van der Waals surface area contributed by atoms with Crippen LogP contribution < -0.4 is 11.3 Å². The summed E-state index contributed by atoms with van der Waals surface area (Å²) in [6.45, 7) is 3.32. The molecule has 0 aliphatic carbocycles. The number of nitrogens with two attached hydrogens (primary N) is 1. The quantitative estimate of drug-likeness (QED) is 0.907. The molecule has 1 atom stereocenters. The first-order valence-corrected chi connectivity index (χ1v) is 7.30. The van der Waals surface area contributed by atoms with Crippen LogP contribution in [-0.4, -0.2) is 42.3 Å². The zero-order chi connectivity index (χ0) is 14.8. The summed E-state index contributed by atoms with van der Waals surface area (Å²) >= 11 is 0. The average molecular weight is 287 g/mol. The van der Waals surface area contributed by atoms with Gasteiger partial charge in [0.1, 0.15) is 0 Å². The molecule has 2 heterocycles. The van der Waals surface area contributed by atoms with Crippen LogP contribution in [0.5, 0.6) is 0 Å². The zero-order valence-electron chi connectivity index (χ0n) is 12.3. The van der Waals surface area contributed by atoms with Gasteiger partial charge in [-0.1, -0.05) is 18.2 Å². The van der Waals surface area contributed by atoms with Crippen molar-refractivity contribution in [2.75, 3.05) is 26.7 Å². The molecule has 1 saturated heterocycles. The Balaban J connectivity index is 2.03. The van der Waals surface area contributed by atoms with Crippen molar-refractivity contribution < 1.29 is 4.74 Å². The molecule has 0 saturated carbocycles. The van der Waals surface area contributed by atoms with Gasteiger partial charge in [0.2, 0.25) is 0 Å². The molecule has 3 rings (SSSR count). The summed E-state index contributed by atoms with van der Waals surface area (Å²) in [5, 5.41) is 1.04. The summed E-state index contributed by atoms with van der Waals surface area (Å²) in [5.41, 5.74) is 7.30. The summed E-state index contributed by atoms with van der Waals surface area (Å²) in [5.74, 6) is 0. The van der Waals surface area contributed by atoms with Crippen LogP contribution in [0.4, 0.5) is 0 Å². The first-order valence-electron chi connectivity index (χ1n) is 7.30. The van der Waals surface area contributed by atoms with Crippen LogP contribution in [0.3, 0.4) is 0 Å². The van der Waals surface area contributed by atoms with E-state index < -0.39 is 0 Å². The van der Waals surface area contributed by atoms with E-state index in [-0.39, 0.29) is 18.2 Å². The molecule has 5 heteroatoms. The Hall–Kier alpha value is -1.69. The molecule has 0 bridgehead atoms. The van der Waals surface area contributed by atoms with Gasteiger partial charge in [0.05, 0.1) is 24.8 Å². The summed E-state index contributed by atoms with van der Waals surface area (Å²) in [7, 11) is 2.08. The van der Waals surface area contributed by atoms with Gasteiger partial charge < -0.3 is 19.9 Å². The zero-order valence-corrected chi connectivity index (χ0v) is 12.3. The monoisotopic (exact) mass is 287 g/mol. The summed E-state index contributed by atoms with van der Waals surface area (Å²) in [4.78, 5) is 14.8. The second kappa shape index (κ2) is 5.97. The Labute approximate surface area is 123 Å². The van der Waals surface area contributed by atoms with Crippen molar-refractivity contribution in [3.05, 3.63) is 46.2 Å². The van der Waals surface area contributed by atoms with E-state index in [1.165, 1.54) is 0 Å². The predicted octanol–water partition coefficient (Wildman–Crippen LogP) is 0.791. The van der Waals surface area contributed by atoms with Crippen LogP contribution in [0.25, 0.3) is 10.9 Å². The molecule has 2 N–H and O–H groups in total. The first kappa shape index (κ1) is 14.3. The van der Waals surface area contributed by atoms with E-state index in [1.807, 2.05) is 30.3 Å². The Morgan fingerprint density at radius 1 is 1.38 bits per heavy atom. The molecule has 1 fully saturated rings. The lowest BCUT2D eigenvalue weighted by Crippen LogP contribution is -2.43. The Morgan fingerprint density at radius 2 is 2.19 bits per heavy atom. The van der Waals surface area contributed by atoms with Crippen LogP contribution in [-0.2, 0) is 17.8 Å². The molecular formula is C16H21N3O2. The van der Waals surface area contributed by atoms with Crippen molar-refractivity contribution in [2.45, 2.75) is 19.2 Å². The van der Waals surface area contributed by atoms with Gasteiger partial charge in [-0.05, 0) is 24.6 Å². The maximum absolute atomic E-state index is 12.6. The number of rotatable bonds is 3. The van der Waals surface area contributed by atoms with Gasteiger partial charge >= 0.3 is 0 Å². The molecule has 0 amide bonds. The minimum absolute atomic E-state index is 0.00646. The molecule has 0 radical (unpaired) electrons. The van der Waals surface area contributed by atoms with E-state index in [2.05, 4.69) is 11.9 Å². The lowest BCUT2D eigenvalue weighted by Gasteiger charge is -2.30. The van der Waals surface area contributed by atoms with Crippen molar-refractivity contribution in [3.8, 4) is 0 Å². The second-order valence-corrected chi connectivity index (χ2v) is 5.60. The van der Waals surface area contributed by atoms with E-state index in [0.29, 0.717) is 18.7 Å². The molecular weight excluding hydrogens is 266 g/mol. The average Bonchev–Trinajstić information content (AvgIpc) is 2.50. The predicted molar refractivity (Wildman–Crippen MR) is 83.3 cm³/mol. The number of likely N-dealkylation sites (N-methyl/N-ethyl adjacent to an activating group) is 1. The third kappa shape index (κ3) is 2.85. The number of hydrogen-bond donors (Lipinski definition) is 1. The van der Waals surface area contributed by atoms with E-state index in [1.54, 1.807) is 4.57 Å². The maximum atomic E-state index is 12.6. The van der Waals surface area contributed by atoms with Crippen molar-refractivity contribution in [3.63, 3.8) is 0 Å². The van der Waals surface area contributed by atoms with E-state index in [9.17, 15) is 4.79 Å². The van der Waals surface area contributed by atoms with Crippen LogP contribution >= 0.6 is 0 Å². The molecule has 1 aromatic carbocycles. The number of nitrogens with zero attached hydrogens (tertiary/aromatic N) is 2. The number of fused-ring (bicyclic) bond motifs is 1. The fraction of sp³-hybridized carbons (Fsp3) is 0.438. The fourth-order valence-electron chi connectivity index (χ4n) is 2.90. The highest BCUT2D eigenvalue weighted by Gasteiger charge is 2.20. The van der Waals surface area contributed by atoms with Crippen molar-refractivity contribution in [1.29, 1.82) is 0 Å². The maximum Gasteiger partial charge on any atom is 0.255 e. The Morgan fingerprint density at radius 3 is 2.95 bits per heavy atom. The molecule has 1 aliphatic rings. The largest absolute Gasteiger partial charge is 0.374 e. The summed E-state index contributed by atoms with van der Waals surface area (Å²) in [6, 6.07) is 9.81. The normalized spacial score (nSPS) is 20.0. The van der Waals surface area contributed by atoms with Crippen molar-refractivity contribution in [2.24, 2.45) is 5.73 Å². The van der Waals surface area contributed by atoms with Crippen LogP contribution in [0.2, 0.25) is 0 Å². The van der Waals surface area contributed by atoms with Gasteiger partial charge in [-0.3, -0.25) is 4.79 Å². The van der Waals surface area contributed by atoms with E-state index >= 15 is 0 Å². The lowest BCUT2D eigenvalue weighted by molar-refractivity contribution is -0.0273. The van der Waals surface area contributed by atoms with Gasteiger partial charge in [0.15, 0.2) is 0 Å². The van der Waals surface area contributed by atoms with E-state index in [0.717, 1.165) is 24.0 Å². The second-order valence-electron chi connectivity index (χ2n) is 5.60. The Kier molecular flexibility index (Phi) is 4.05. The topological polar surface area (TPSA) is 60.5 Å². The number of pyridine rings is 1. The number of hydrogen-bond acceptors (Lipinski definition) is 4. The number of para-hydroxylation sites is 1. The third-order valence-corrected chi connectivity index (χ3v) is 4.03. The SMILES string of the molecule is CN1CCOC(Cn2c(=O)c(CN)cc3ccccc32)C1. The number of ether oxygens (including phenoxy) is 1. The third-order valence-electron chi connectivity index (χ3n) is 4.03. The van der Waals surface area contributed by atoms with Crippen molar-refractivity contribution >= 4 is 10.9 Å². The van der Waals surface area contributed by atoms with Crippen LogP contribution in [0, 0.1) is 0 Å². The van der Waals surface area contributed by atoms with Gasteiger partial charge in [0, 0.05) is 25.2 Å². The van der Waals surface area contributed by atoms with E-state index in [4.69, 9.17) is 10.5 Å². The number of benzene rings is 1. The molecule has 112 valence electrons.